The standard InChI is InChI=1S/C34H42O/c1-23(32(24-10-6-4-7-11-24)25-12-8-5-9-13-25)29-16-17-30-28-15-14-26-22-27(35)18-20-33(26,2)31(28)19-21-34(29,30)3/h4-14,27-31,35H,15-22H2,1-3H3/t27-,28-,29+,30-,31-,33-,34+/m0/s1. The van der Waals surface area contributed by atoms with E-state index in [2.05, 4.69) is 87.5 Å². The van der Waals surface area contributed by atoms with Crippen LogP contribution < -0.4 is 0 Å². The van der Waals surface area contributed by atoms with Crippen LogP contribution in [0.1, 0.15) is 83.3 Å². The first kappa shape index (κ1) is 23.3. The van der Waals surface area contributed by atoms with Gasteiger partial charge in [-0.2, -0.15) is 0 Å². The number of fused-ring (bicyclic) bond motifs is 5. The van der Waals surface area contributed by atoms with E-state index in [1.807, 2.05) is 0 Å². The van der Waals surface area contributed by atoms with Gasteiger partial charge >= 0.3 is 0 Å². The Morgan fingerprint density at radius 1 is 0.800 bits per heavy atom. The number of hydrogen-bond acceptors (Lipinski definition) is 1. The van der Waals surface area contributed by atoms with Gasteiger partial charge in [0.2, 0.25) is 0 Å². The molecule has 6 rings (SSSR count). The summed E-state index contributed by atoms with van der Waals surface area (Å²) in [4.78, 5) is 0. The summed E-state index contributed by atoms with van der Waals surface area (Å²) in [5.74, 6) is 3.08. The van der Waals surface area contributed by atoms with Crippen molar-refractivity contribution in [2.75, 3.05) is 0 Å². The molecule has 4 aliphatic rings. The topological polar surface area (TPSA) is 20.2 Å². The SMILES string of the molecule is CC(=C(c1ccccc1)c1ccccc1)[C@H]1CC[C@H]2[C@@H]3CC=C4C[C@@H](O)CC[C@]4(C)[C@H]3CC[C@]12C. The van der Waals surface area contributed by atoms with Crippen molar-refractivity contribution < 1.29 is 5.11 Å². The van der Waals surface area contributed by atoms with Crippen molar-refractivity contribution in [3.63, 3.8) is 0 Å². The second-order valence-electron chi connectivity index (χ2n) is 12.6. The minimum absolute atomic E-state index is 0.113. The summed E-state index contributed by atoms with van der Waals surface area (Å²) in [5.41, 5.74) is 8.07. The van der Waals surface area contributed by atoms with Crippen LogP contribution in [0.5, 0.6) is 0 Å². The van der Waals surface area contributed by atoms with E-state index in [0.717, 1.165) is 30.6 Å². The van der Waals surface area contributed by atoms with E-state index >= 15 is 0 Å². The van der Waals surface area contributed by atoms with Crippen LogP contribution in [0.2, 0.25) is 0 Å². The summed E-state index contributed by atoms with van der Waals surface area (Å²) in [5, 5.41) is 10.3. The molecular formula is C34H42O. The van der Waals surface area contributed by atoms with Crippen molar-refractivity contribution in [3.8, 4) is 0 Å². The molecule has 0 bridgehead atoms. The highest BCUT2D eigenvalue weighted by atomic mass is 16.3. The minimum atomic E-state index is -0.113. The Balaban J connectivity index is 1.37. The number of aliphatic hydroxyl groups is 1. The van der Waals surface area contributed by atoms with E-state index in [1.165, 1.54) is 55.2 Å². The number of aliphatic hydroxyl groups excluding tert-OH is 1. The first-order chi connectivity index (χ1) is 16.9. The highest BCUT2D eigenvalue weighted by Gasteiger charge is 2.58. The Kier molecular flexibility index (Phi) is 5.83. The summed E-state index contributed by atoms with van der Waals surface area (Å²) in [6.07, 6.45) is 12.2. The molecule has 0 heterocycles. The lowest BCUT2D eigenvalue weighted by atomic mass is 9.47. The third-order valence-electron chi connectivity index (χ3n) is 11.1. The molecule has 0 spiro atoms. The second kappa shape index (κ2) is 8.77. The Bertz CT molecular complexity index is 1090. The first-order valence-electron chi connectivity index (χ1n) is 14.1. The van der Waals surface area contributed by atoms with Crippen LogP contribution in [0.15, 0.2) is 77.9 Å². The van der Waals surface area contributed by atoms with E-state index in [4.69, 9.17) is 0 Å². The van der Waals surface area contributed by atoms with E-state index < -0.39 is 0 Å². The van der Waals surface area contributed by atoms with Crippen LogP contribution in [-0.4, -0.2) is 11.2 Å². The number of hydrogen-bond donors (Lipinski definition) is 1. The predicted molar refractivity (Wildman–Crippen MR) is 146 cm³/mol. The molecule has 0 aromatic heterocycles. The van der Waals surface area contributed by atoms with Crippen molar-refractivity contribution in [1.29, 1.82) is 0 Å². The van der Waals surface area contributed by atoms with Gasteiger partial charge in [0.15, 0.2) is 0 Å². The molecule has 35 heavy (non-hydrogen) atoms. The Hall–Kier alpha value is -2.12. The fourth-order valence-corrected chi connectivity index (χ4v) is 9.36. The number of allylic oxidation sites excluding steroid dienone is 2. The largest absolute Gasteiger partial charge is 0.393 e. The molecule has 2 aromatic rings. The quantitative estimate of drug-likeness (QED) is 0.450. The van der Waals surface area contributed by atoms with Gasteiger partial charge in [-0.05, 0) is 109 Å². The van der Waals surface area contributed by atoms with Crippen LogP contribution in [-0.2, 0) is 0 Å². The number of benzene rings is 2. The van der Waals surface area contributed by atoms with Gasteiger partial charge in [-0.3, -0.25) is 0 Å². The lowest BCUT2D eigenvalue weighted by Crippen LogP contribution is -2.50. The zero-order valence-corrected chi connectivity index (χ0v) is 21.8. The van der Waals surface area contributed by atoms with Crippen molar-refractivity contribution in [2.45, 2.75) is 78.2 Å². The molecule has 0 amide bonds. The summed E-state index contributed by atoms with van der Waals surface area (Å²) in [6, 6.07) is 22.2. The van der Waals surface area contributed by atoms with Crippen LogP contribution in [0.25, 0.3) is 5.57 Å². The Morgan fingerprint density at radius 2 is 1.46 bits per heavy atom. The van der Waals surface area contributed by atoms with Gasteiger partial charge in [0.05, 0.1) is 6.10 Å². The molecule has 4 aliphatic carbocycles. The summed E-state index contributed by atoms with van der Waals surface area (Å²) >= 11 is 0. The molecular weight excluding hydrogens is 424 g/mol. The lowest BCUT2D eigenvalue weighted by molar-refractivity contribution is -0.0453. The minimum Gasteiger partial charge on any atom is -0.393 e. The highest BCUT2D eigenvalue weighted by molar-refractivity contribution is 5.82. The van der Waals surface area contributed by atoms with E-state index in [0.29, 0.717) is 16.7 Å². The summed E-state index contributed by atoms with van der Waals surface area (Å²) < 4.78 is 0. The van der Waals surface area contributed by atoms with Crippen LogP contribution in [0, 0.1) is 34.5 Å². The van der Waals surface area contributed by atoms with Gasteiger partial charge in [0, 0.05) is 0 Å². The third-order valence-corrected chi connectivity index (χ3v) is 11.1. The van der Waals surface area contributed by atoms with Crippen LogP contribution in [0.4, 0.5) is 0 Å². The predicted octanol–water partition coefficient (Wildman–Crippen LogP) is 8.45. The molecule has 3 fully saturated rings. The van der Waals surface area contributed by atoms with Gasteiger partial charge in [-0.15, -0.1) is 0 Å². The van der Waals surface area contributed by atoms with E-state index in [-0.39, 0.29) is 6.10 Å². The maximum Gasteiger partial charge on any atom is 0.0577 e. The third kappa shape index (κ3) is 3.69. The fraction of sp³-hybridized carbons (Fsp3) is 0.529. The molecule has 1 heteroatoms. The summed E-state index contributed by atoms with van der Waals surface area (Å²) in [6.45, 7) is 7.64. The van der Waals surface area contributed by atoms with Gasteiger partial charge < -0.3 is 5.11 Å². The molecule has 0 saturated heterocycles. The van der Waals surface area contributed by atoms with Crippen molar-refractivity contribution in [2.24, 2.45) is 34.5 Å². The Morgan fingerprint density at radius 3 is 2.11 bits per heavy atom. The van der Waals surface area contributed by atoms with E-state index in [1.54, 1.807) is 11.1 Å². The second-order valence-corrected chi connectivity index (χ2v) is 12.6. The lowest BCUT2D eigenvalue weighted by Gasteiger charge is -2.58. The van der Waals surface area contributed by atoms with E-state index in [9.17, 15) is 5.11 Å². The first-order valence-corrected chi connectivity index (χ1v) is 14.1. The molecule has 0 aliphatic heterocycles. The van der Waals surface area contributed by atoms with Crippen molar-refractivity contribution in [3.05, 3.63) is 89.0 Å². The maximum atomic E-state index is 10.3. The molecule has 7 atom stereocenters. The van der Waals surface area contributed by atoms with Crippen LogP contribution in [0.3, 0.4) is 0 Å². The summed E-state index contributed by atoms with van der Waals surface area (Å²) in [7, 11) is 0. The van der Waals surface area contributed by atoms with Crippen molar-refractivity contribution >= 4 is 5.57 Å². The molecule has 1 nitrogen and oxygen atoms in total. The normalized spacial score (nSPS) is 38.1. The molecule has 184 valence electrons. The average Bonchev–Trinajstić information content (AvgIpc) is 3.23. The monoisotopic (exact) mass is 466 g/mol. The molecule has 0 radical (unpaired) electrons. The zero-order chi connectivity index (χ0) is 24.2. The molecule has 2 aromatic carbocycles. The molecule has 1 N–H and O–H groups in total. The maximum absolute atomic E-state index is 10.3. The molecule has 0 unspecified atom stereocenters. The van der Waals surface area contributed by atoms with Gasteiger partial charge in [0.1, 0.15) is 0 Å². The van der Waals surface area contributed by atoms with Gasteiger partial charge in [0.25, 0.3) is 0 Å². The zero-order valence-electron chi connectivity index (χ0n) is 21.8. The number of rotatable bonds is 3. The van der Waals surface area contributed by atoms with Crippen molar-refractivity contribution in [1.82, 2.24) is 0 Å². The van der Waals surface area contributed by atoms with Gasteiger partial charge in [-0.25, -0.2) is 0 Å². The Labute approximate surface area is 212 Å². The van der Waals surface area contributed by atoms with Crippen LogP contribution >= 0.6 is 0 Å². The van der Waals surface area contributed by atoms with Gasteiger partial charge in [-0.1, -0.05) is 91.7 Å². The fourth-order valence-electron chi connectivity index (χ4n) is 9.36. The average molecular weight is 467 g/mol. The highest BCUT2D eigenvalue weighted by Crippen LogP contribution is 2.67. The smallest absolute Gasteiger partial charge is 0.0577 e. The molecule has 3 saturated carbocycles.